The molecule has 0 unspecified atom stereocenters. The number of pyridine rings is 1. The lowest BCUT2D eigenvalue weighted by atomic mass is 10.0. The lowest BCUT2D eigenvalue weighted by Gasteiger charge is -2.15. The van der Waals surface area contributed by atoms with Crippen LogP contribution in [0.3, 0.4) is 0 Å². The van der Waals surface area contributed by atoms with Crippen LogP contribution in [0.1, 0.15) is 30.5 Å². The van der Waals surface area contributed by atoms with Gasteiger partial charge in [0.05, 0.1) is 5.56 Å². The molecule has 2 heterocycles. The molecule has 0 aliphatic heterocycles. The number of hydrogen-bond acceptors (Lipinski definition) is 5. The van der Waals surface area contributed by atoms with E-state index in [1.54, 1.807) is 24.3 Å². The number of fused-ring (bicyclic) bond motifs is 1. The highest BCUT2D eigenvalue weighted by Gasteiger charge is 2.30. The molecule has 0 aliphatic rings. The molecule has 0 bridgehead atoms. The number of carboxylic acid groups (broad SMARTS) is 1. The summed E-state index contributed by atoms with van der Waals surface area (Å²) in [6.45, 7) is 0. The second-order valence-corrected chi connectivity index (χ2v) is 9.15. The van der Waals surface area contributed by atoms with Crippen LogP contribution in [0, 0.1) is 5.82 Å². The highest BCUT2D eigenvalue weighted by Crippen LogP contribution is 2.31. The first-order chi connectivity index (χ1) is 19.1. The minimum Gasteiger partial charge on any atom is -0.481 e. The van der Waals surface area contributed by atoms with Gasteiger partial charge in [-0.2, -0.15) is 18.2 Å². The van der Waals surface area contributed by atoms with Crippen LogP contribution in [0.25, 0.3) is 39.3 Å². The first kappa shape index (κ1) is 26.8. The van der Waals surface area contributed by atoms with E-state index in [0.29, 0.717) is 52.5 Å². The number of halogens is 4. The third-order valence-electron chi connectivity index (χ3n) is 6.40. The number of alkyl halides is 3. The van der Waals surface area contributed by atoms with Crippen LogP contribution in [0.5, 0.6) is 0 Å². The van der Waals surface area contributed by atoms with E-state index >= 15 is 0 Å². The smallest absolute Gasteiger partial charge is 0.416 e. The SMILES string of the molecule is O=C(O)CCCCc1cc2cc(-c3noc(-c4ccc(C(F)(F)F)cc4)n3)ccc2c(=O)n1-c1ccc(F)cc1. The van der Waals surface area contributed by atoms with Crippen LogP contribution >= 0.6 is 0 Å². The van der Waals surface area contributed by atoms with Crippen LogP contribution in [0.15, 0.2) is 82.1 Å². The van der Waals surface area contributed by atoms with Crippen LogP contribution in [0.4, 0.5) is 17.6 Å². The minimum atomic E-state index is -4.46. The highest BCUT2D eigenvalue weighted by atomic mass is 19.4. The Morgan fingerprint density at radius 1 is 0.925 bits per heavy atom. The fourth-order valence-electron chi connectivity index (χ4n) is 4.41. The number of benzene rings is 3. The molecular weight excluding hydrogens is 530 g/mol. The highest BCUT2D eigenvalue weighted by molar-refractivity contribution is 5.86. The van der Waals surface area contributed by atoms with Crippen molar-refractivity contribution >= 4 is 16.7 Å². The summed E-state index contributed by atoms with van der Waals surface area (Å²) in [6, 6.07) is 16.6. The summed E-state index contributed by atoms with van der Waals surface area (Å²) < 4.78 is 58.9. The molecule has 3 aromatic carbocycles. The van der Waals surface area contributed by atoms with Gasteiger partial charge in [0.1, 0.15) is 5.82 Å². The first-order valence-corrected chi connectivity index (χ1v) is 12.3. The maximum absolute atomic E-state index is 13.6. The molecule has 7 nitrogen and oxygen atoms in total. The molecule has 0 spiro atoms. The summed E-state index contributed by atoms with van der Waals surface area (Å²) in [5.41, 5.74) is 0.803. The average Bonchev–Trinajstić information content (AvgIpc) is 3.42. The molecule has 0 amide bonds. The molecule has 1 N–H and O–H groups in total. The molecule has 5 rings (SSSR count). The van der Waals surface area contributed by atoms with Gasteiger partial charge in [-0.05, 0) is 91.4 Å². The Hall–Kier alpha value is -4.80. The molecular formula is C29H21F4N3O4. The molecule has 0 saturated heterocycles. The second-order valence-electron chi connectivity index (χ2n) is 9.15. The van der Waals surface area contributed by atoms with Crippen LogP contribution in [-0.2, 0) is 17.4 Å². The Morgan fingerprint density at radius 2 is 1.62 bits per heavy atom. The molecule has 0 radical (unpaired) electrons. The normalized spacial score (nSPS) is 11.7. The Morgan fingerprint density at radius 3 is 2.30 bits per heavy atom. The maximum Gasteiger partial charge on any atom is 0.416 e. The van der Waals surface area contributed by atoms with Gasteiger partial charge in [-0.3, -0.25) is 14.2 Å². The zero-order chi connectivity index (χ0) is 28.4. The van der Waals surface area contributed by atoms with Gasteiger partial charge < -0.3 is 9.63 Å². The van der Waals surface area contributed by atoms with Crippen molar-refractivity contribution in [2.24, 2.45) is 0 Å². The van der Waals surface area contributed by atoms with Crippen LogP contribution in [-0.4, -0.2) is 25.8 Å². The Bertz CT molecular complexity index is 1740. The lowest BCUT2D eigenvalue weighted by molar-refractivity contribution is -0.138. The molecule has 40 heavy (non-hydrogen) atoms. The van der Waals surface area contributed by atoms with Gasteiger partial charge in [0.2, 0.25) is 5.82 Å². The maximum atomic E-state index is 13.6. The standard InChI is InChI=1S/C29H21F4N3O4/c30-21-10-12-22(13-11-21)36-23(3-1-2-4-25(37)38)16-19-15-18(7-14-24(19)28(36)39)26-34-27(40-35-26)17-5-8-20(9-6-17)29(31,32)33/h5-16H,1-4H2,(H,37,38). The van der Waals surface area contributed by atoms with Gasteiger partial charge in [-0.15, -0.1) is 0 Å². The summed E-state index contributed by atoms with van der Waals surface area (Å²) in [4.78, 5) is 28.8. The zero-order valence-electron chi connectivity index (χ0n) is 20.8. The van der Waals surface area contributed by atoms with Crippen molar-refractivity contribution < 1.29 is 32.0 Å². The van der Waals surface area contributed by atoms with Gasteiger partial charge in [-0.1, -0.05) is 11.2 Å². The second kappa shape index (κ2) is 10.8. The monoisotopic (exact) mass is 551 g/mol. The third kappa shape index (κ3) is 5.63. The molecule has 0 saturated carbocycles. The van der Waals surface area contributed by atoms with E-state index in [0.717, 1.165) is 12.1 Å². The number of nitrogens with zero attached hydrogens (tertiary/aromatic N) is 3. The van der Waals surface area contributed by atoms with Gasteiger partial charge in [0, 0.05) is 34.3 Å². The van der Waals surface area contributed by atoms with Crippen molar-refractivity contribution in [3.05, 3.63) is 100 Å². The number of aryl methyl sites for hydroxylation is 1. The van der Waals surface area contributed by atoms with Crippen molar-refractivity contribution in [2.75, 3.05) is 0 Å². The number of unbranched alkanes of at least 4 members (excludes halogenated alkanes) is 1. The zero-order valence-corrected chi connectivity index (χ0v) is 20.8. The first-order valence-electron chi connectivity index (χ1n) is 12.3. The van der Waals surface area contributed by atoms with Crippen molar-refractivity contribution in [2.45, 2.75) is 31.9 Å². The third-order valence-corrected chi connectivity index (χ3v) is 6.40. The van der Waals surface area contributed by atoms with Crippen LogP contribution in [0.2, 0.25) is 0 Å². The van der Waals surface area contributed by atoms with E-state index in [1.807, 2.05) is 0 Å². The summed E-state index contributed by atoms with van der Waals surface area (Å²) in [5.74, 6) is -1.13. The molecule has 2 aromatic heterocycles. The average molecular weight is 551 g/mol. The Kier molecular flexibility index (Phi) is 7.20. The number of aromatic nitrogens is 3. The number of carboxylic acids is 1. The van der Waals surface area contributed by atoms with Crippen molar-refractivity contribution in [1.29, 1.82) is 0 Å². The van der Waals surface area contributed by atoms with Gasteiger partial charge in [0.25, 0.3) is 11.4 Å². The number of rotatable bonds is 8. The quantitative estimate of drug-likeness (QED) is 0.171. The van der Waals surface area contributed by atoms with E-state index in [9.17, 15) is 27.2 Å². The van der Waals surface area contributed by atoms with E-state index in [-0.39, 0.29) is 23.7 Å². The molecule has 0 aliphatic carbocycles. The molecule has 5 aromatic rings. The van der Waals surface area contributed by atoms with Gasteiger partial charge in [0.15, 0.2) is 0 Å². The van der Waals surface area contributed by atoms with Crippen LogP contribution < -0.4 is 5.56 Å². The van der Waals surface area contributed by atoms with Crippen molar-refractivity contribution in [3.8, 4) is 28.5 Å². The van der Waals surface area contributed by atoms with Gasteiger partial charge >= 0.3 is 12.1 Å². The van der Waals surface area contributed by atoms with Gasteiger partial charge in [-0.25, -0.2) is 4.39 Å². The minimum absolute atomic E-state index is 0.00238. The molecule has 0 atom stereocenters. The predicted octanol–water partition coefficient (Wildman–Crippen LogP) is 6.66. The topological polar surface area (TPSA) is 98.2 Å². The van der Waals surface area contributed by atoms with E-state index in [4.69, 9.17) is 9.63 Å². The van der Waals surface area contributed by atoms with E-state index in [1.165, 1.54) is 41.0 Å². The largest absolute Gasteiger partial charge is 0.481 e. The Labute approximate surface area is 224 Å². The summed E-state index contributed by atoms with van der Waals surface area (Å²) in [6.07, 6.45) is -3.13. The summed E-state index contributed by atoms with van der Waals surface area (Å²) in [7, 11) is 0. The number of aliphatic carboxylic acids is 1. The van der Waals surface area contributed by atoms with Crippen molar-refractivity contribution in [1.82, 2.24) is 14.7 Å². The number of carbonyl (C=O) groups is 1. The molecule has 204 valence electrons. The van der Waals surface area contributed by atoms with E-state index < -0.39 is 23.5 Å². The lowest BCUT2D eigenvalue weighted by Crippen LogP contribution is -2.22. The Balaban J connectivity index is 1.51. The summed E-state index contributed by atoms with van der Waals surface area (Å²) in [5, 5.41) is 13.9. The van der Waals surface area contributed by atoms with Crippen molar-refractivity contribution in [3.63, 3.8) is 0 Å². The molecule has 0 fully saturated rings. The fourth-order valence-corrected chi connectivity index (χ4v) is 4.41. The number of hydrogen-bond donors (Lipinski definition) is 1. The fraction of sp³-hybridized carbons (Fsp3) is 0.172. The molecule has 11 heteroatoms. The van der Waals surface area contributed by atoms with E-state index in [2.05, 4.69) is 10.1 Å². The predicted molar refractivity (Wildman–Crippen MR) is 138 cm³/mol. The summed E-state index contributed by atoms with van der Waals surface area (Å²) >= 11 is 0.